The third kappa shape index (κ3) is 5.66. The van der Waals surface area contributed by atoms with E-state index in [1.54, 1.807) is 0 Å². The van der Waals surface area contributed by atoms with Crippen LogP contribution in [-0.2, 0) is 11.3 Å². The summed E-state index contributed by atoms with van der Waals surface area (Å²) < 4.78 is 5.63. The van der Waals surface area contributed by atoms with Crippen molar-refractivity contribution in [1.82, 2.24) is 15.1 Å². The van der Waals surface area contributed by atoms with E-state index in [2.05, 4.69) is 29.0 Å². The number of carbonyl (C=O) groups is 1. The fourth-order valence-electron chi connectivity index (χ4n) is 3.17. The van der Waals surface area contributed by atoms with E-state index in [0.29, 0.717) is 0 Å². The minimum Gasteiger partial charge on any atom is -0.465 e. The van der Waals surface area contributed by atoms with E-state index in [9.17, 15) is 4.79 Å². The molecule has 0 bridgehead atoms. The first-order chi connectivity index (χ1) is 11.1. The molecule has 2 rings (SSSR count). The Kier molecular flexibility index (Phi) is 7.12. The molecule has 23 heavy (non-hydrogen) atoms. The molecule has 2 heterocycles. The van der Waals surface area contributed by atoms with E-state index in [4.69, 9.17) is 4.42 Å². The Hall–Kier alpha value is -1.33. The molecule has 130 valence electrons. The van der Waals surface area contributed by atoms with Crippen LogP contribution in [0.3, 0.4) is 0 Å². The molecule has 0 unspecified atom stereocenters. The molecule has 0 atom stereocenters. The van der Waals surface area contributed by atoms with E-state index in [1.807, 2.05) is 19.1 Å². The molecular weight excluding hydrogens is 290 g/mol. The van der Waals surface area contributed by atoms with Gasteiger partial charge in [-0.15, -0.1) is 0 Å². The van der Waals surface area contributed by atoms with Crippen LogP contribution in [0.1, 0.15) is 38.2 Å². The molecule has 0 saturated carbocycles. The maximum absolute atomic E-state index is 12.3. The number of hydrogen-bond acceptors (Lipinski definition) is 4. The summed E-state index contributed by atoms with van der Waals surface area (Å²) >= 11 is 0. The number of aryl methyl sites for hydroxylation is 1. The van der Waals surface area contributed by atoms with Gasteiger partial charge in [0.1, 0.15) is 11.5 Å². The van der Waals surface area contributed by atoms with Crippen molar-refractivity contribution in [1.29, 1.82) is 0 Å². The molecule has 0 radical (unpaired) electrons. The van der Waals surface area contributed by atoms with Crippen LogP contribution in [0.5, 0.6) is 0 Å². The minimum absolute atomic E-state index is 0.168. The molecule has 5 heteroatoms. The Bertz CT molecular complexity index is 474. The van der Waals surface area contributed by atoms with E-state index < -0.39 is 0 Å². The summed E-state index contributed by atoms with van der Waals surface area (Å²) in [5.74, 6) is 2.37. The quantitative estimate of drug-likeness (QED) is 0.798. The Labute approximate surface area is 140 Å². The summed E-state index contributed by atoms with van der Waals surface area (Å²) in [6.45, 7) is 12.8. The van der Waals surface area contributed by atoms with E-state index >= 15 is 0 Å². The van der Waals surface area contributed by atoms with Crippen LogP contribution in [0.2, 0.25) is 0 Å². The van der Waals surface area contributed by atoms with E-state index in [-0.39, 0.29) is 11.8 Å². The van der Waals surface area contributed by atoms with Gasteiger partial charge in [-0.25, -0.2) is 0 Å². The smallest absolute Gasteiger partial charge is 0.223 e. The molecule has 1 amide bonds. The molecule has 1 N–H and O–H groups in total. The monoisotopic (exact) mass is 321 g/mol. The number of likely N-dealkylation sites (tertiary alicyclic amines) is 1. The first kappa shape index (κ1) is 18.0. The lowest BCUT2D eigenvalue weighted by Gasteiger charge is -2.30. The van der Waals surface area contributed by atoms with Gasteiger partial charge in [-0.2, -0.15) is 0 Å². The molecular formula is C18H31N3O2. The van der Waals surface area contributed by atoms with E-state index in [1.165, 1.54) is 0 Å². The highest BCUT2D eigenvalue weighted by Crippen LogP contribution is 2.19. The second-order valence-corrected chi connectivity index (χ2v) is 6.38. The Balaban J connectivity index is 1.66. The molecule has 0 aromatic carbocycles. The average Bonchev–Trinajstić information content (AvgIpc) is 2.97. The third-order valence-corrected chi connectivity index (χ3v) is 4.76. The lowest BCUT2D eigenvalue weighted by atomic mass is 9.96. The van der Waals surface area contributed by atoms with Crippen LogP contribution in [-0.4, -0.2) is 55.0 Å². The SMILES string of the molecule is CCN(CC)CCNC(=O)C1CCN(Cc2ccc(C)o2)CC1. The van der Waals surface area contributed by atoms with Gasteiger partial charge in [-0.1, -0.05) is 13.8 Å². The van der Waals surface area contributed by atoms with Gasteiger partial charge in [-0.05, 0) is 58.1 Å². The van der Waals surface area contributed by atoms with Crippen molar-refractivity contribution in [3.63, 3.8) is 0 Å². The molecule has 1 aliphatic rings. The lowest BCUT2D eigenvalue weighted by Crippen LogP contribution is -2.42. The summed E-state index contributed by atoms with van der Waals surface area (Å²) in [6.07, 6.45) is 1.88. The van der Waals surface area contributed by atoms with E-state index in [0.717, 1.165) is 70.2 Å². The minimum atomic E-state index is 0.168. The topological polar surface area (TPSA) is 48.7 Å². The highest BCUT2D eigenvalue weighted by Gasteiger charge is 2.25. The predicted octanol–water partition coefficient (Wildman–Crippen LogP) is 2.26. The fraction of sp³-hybridized carbons (Fsp3) is 0.722. The van der Waals surface area contributed by atoms with Crippen LogP contribution >= 0.6 is 0 Å². The van der Waals surface area contributed by atoms with Crippen molar-refractivity contribution in [3.8, 4) is 0 Å². The summed E-state index contributed by atoms with van der Waals surface area (Å²) in [5, 5.41) is 3.10. The Morgan fingerprint density at radius 3 is 2.57 bits per heavy atom. The first-order valence-electron chi connectivity index (χ1n) is 8.90. The zero-order chi connectivity index (χ0) is 16.7. The first-order valence-corrected chi connectivity index (χ1v) is 8.90. The van der Waals surface area contributed by atoms with Crippen molar-refractivity contribution < 1.29 is 9.21 Å². The molecule has 5 nitrogen and oxygen atoms in total. The molecule has 0 aliphatic carbocycles. The van der Waals surface area contributed by atoms with Crippen molar-refractivity contribution in [2.45, 2.75) is 40.2 Å². The number of carbonyl (C=O) groups excluding carboxylic acids is 1. The van der Waals surface area contributed by atoms with Crippen LogP contribution in [0.15, 0.2) is 16.5 Å². The zero-order valence-corrected chi connectivity index (χ0v) is 14.8. The Morgan fingerprint density at radius 2 is 2.00 bits per heavy atom. The molecule has 1 saturated heterocycles. The van der Waals surface area contributed by atoms with Crippen molar-refractivity contribution in [3.05, 3.63) is 23.7 Å². The van der Waals surface area contributed by atoms with Gasteiger partial charge in [0.15, 0.2) is 0 Å². The van der Waals surface area contributed by atoms with Crippen LogP contribution in [0, 0.1) is 12.8 Å². The number of nitrogens with one attached hydrogen (secondary N) is 1. The van der Waals surface area contributed by atoms with Gasteiger partial charge >= 0.3 is 0 Å². The van der Waals surface area contributed by atoms with Gasteiger partial charge in [0.25, 0.3) is 0 Å². The van der Waals surface area contributed by atoms with Gasteiger partial charge in [0.2, 0.25) is 5.91 Å². The summed E-state index contributed by atoms with van der Waals surface area (Å²) in [7, 11) is 0. The molecule has 1 aromatic rings. The number of likely N-dealkylation sites (N-methyl/N-ethyl adjacent to an activating group) is 1. The van der Waals surface area contributed by atoms with Gasteiger partial charge in [0, 0.05) is 19.0 Å². The van der Waals surface area contributed by atoms with Crippen LogP contribution in [0.25, 0.3) is 0 Å². The highest BCUT2D eigenvalue weighted by atomic mass is 16.3. The van der Waals surface area contributed by atoms with Crippen LogP contribution < -0.4 is 5.32 Å². The number of amides is 1. The number of hydrogen-bond donors (Lipinski definition) is 1. The molecule has 1 aliphatic heterocycles. The number of furan rings is 1. The summed E-state index contributed by atoms with van der Waals surface area (Å²) in [5.41, 5.74) is 0. The zero-order valence-electron chi connectivity index (χ0n) is 14.8. The van der Waals surface area contributed by atoms with Crippen molar-refractivity contribution >= 4 is 5.91 Å². The fourth-order valence-corrected chi connectivity index (χ4v) is 3.17. The molecule has 1 fully saturated rings. The summed E-state index contributed by atoms with van der Waals surface area (Å²) in [6, 6.07) is 4.05. The predicted molar refractivity (Wildman–Crippen MR) is 92.2 cm³/mol. The van der Waals surface area contributed by atoms with Gasteiger partial charge in [0.05, 0.1) is 6.54 Å². The third-order valence-electron chi connectivity index (χ3n) is 4.76. The van der Waals surface area contributed by atoms with Gasteiger partial charge < -0.3 is 14.6 Å². The van der Waals surface area contributed by atoms with Gasteiger partial charge in [-0.3, -0.25) is 9.69 Å². The largest absolute Gasteiger partial charge is 0.465 e. The second kappa shape index (κ2) is 9.08. The number of rotatable bonds is 8. The number of piperidine rings is 1. The highest BCUT2D eigenvalue weighted by molar-refractivity contribution is 5.78. The standard InChI is InChI=1S/C18H31N3O2/c1-4-20(5-2)13-10-19-18(22)16-8-11-21(12-9-16)14-17-7-6-15(3)23-17/h6-7,16H,4-5,8-14H2,1-3H3,(H,19,22). The van der Waals surface area contributed by atoms with Crippen molar-refractivity contribution in [2.24, 2.45) is 5.92 Å². The Morgan fingerprint density at radius 1 is 1.30 bits per heavy atom. The van der Waals surface area contributed by atoms with Crippen molar-refractivity contribution in [2.75, 3.05) is 39.3 Å². The van der Waals surface area contributed by atoms with Crippen LogP contribution in [0.4, 0.5) is 0 Å². The second-order valence-electron chi connectivity index (χ2n) is 6.38. The maximum atomic E-state index is 12.3. The summed E-state index contributed by atoms with van der Waals surface area (Å²) in [4.78, 5) is 17.0. The molecule has 0 spiro atoms. The maximum Gasteiger partial charge on any atom is 0.223 e. The average molecular weight is 321 g/mol. The molecule has 1 aromatic heterocycles. The normalized spacial score (nSPS) is 16.9. The lowest BCUT2D eigenvalue weighted by molar-refractivity contribution is -0.126. The number of nitrogens with zero attached hydrogens (tertiary/aromatic N) is 2.